The first-order valence-electron chi connectivity index (χ1n) is 9.72. The molecule has 6 heteroatoms. The second-order valence-electron chi connectivity index (χ2n) is 8.28. The smallest absolute Gasteiger partial charge is 0.226 e. The molecule has 2 unspecified atom stereocenters. The van der Waals surface area contributed by atoms with E-state index < -0.39 is 15.9 Å². The summed E-state index contributed by atoms with van der Waals surface area (Å²) >= 11 is 0. The van der Waals surface area contributed by atoms with Gasteiger partial charge in [-0.25, -0.2) is 0 Å². The lowest BCUT2D eigenvalue weighted by Gasteiger charge is -2.52. The summed E-state index contributed by atoms with van der Waals surface area (Å²) in [5.74, 6) is 0.359. The summed E-state index contributed by atoms with van der Waals surface area (Å²) in [6.07, 6.45) is 7.94. The maximum atomic E-state index is 13.4. The molecule has 142 valence electrons. The Bertz CT molecular complexity index is 740. The van der Waals surface area contributed by atoms with Crippen LogP contribution < -0.4 is 0 Å². The molecular weight excluding hydrogens is 348 g/mol. The minimum Gasteiger partial charge on any atom is -0.598 e. The van der Waals surface area contributed by atoms with E-state index in [9.17, 15) is 13.6 Å². The number of carbonyl (C=O) groups is 1. The molecule has 0 radical (unpaired) electrons. The summed E-state index contributed by atoms with van der Waals surface area (Å²) in [4.78, 5) is 15.5. The number of carbonyl (C=O) groups excluding carboxylic acids is 1. The fourth-order valence-corrected chi connectivity index (χ4v) is 6.03. The number of amides is 1. The van der Waals surface area contributed by atoms with Crippen molar-refractivity contribution in [2.24, 2.45) is 5.92 Å². The van der Waals surface area contributed by atoms with Gasteiger partial charge in [-0.2, -0.15) is 0 Å². The van der Waals surface area contributed by atoms with E-state index in [-0.39, 0.29) is 11.8 Å². The molecule has 2 aliphatic heterocycles. The van der Waals surface area contributed by atoms with E-state index in [0.717, 1.165) is 44.9 Å². The van der Waals surface area contributed by atoms with E-state index in [1.807, 2.05) is 12.1 Å². The van der Waals surface area contributed by atoms with Crippen molar-refractivity contribution in [2.75, 3.05) is 19.3 Å². The van der Waals surface area contributed by atoms with Crippen LogP contribution in [0.3, 0.4) is 0 Å². The Morgan fingerprint density at radius 1 is 1.19 bits per heavy atom. The van der Waals surface area contributed by atoms with Crippen LogP contribution in [-0.2, 0) is 32.4 Å². The fraction of sp³-hybridized carbons (Fsp3) is 0.650. The molecule has 1 aromatic rings. The molecule has 0 bridgehead atoms. The van der Waals surface area contributed by atoms with E-state index >= 15 is 0 Å². The van der Waals surface area contributed by atoms with Crippen molar-refractivity contribution in [3.8, 4) is 0 Å². The van der Waals surface area contributed by atoms with Gasteiger partial charge in [-0.3, -0.25) is 4.79 Å². The van der Waals surface area contributed by atoms with Crippen LogP contribution in [-0.4, -0.2) is 44.5 Å². The second-order valence-corrected chi connectivity index (χ2v) is 10.3. The molecule has 5 nitrogen and oxygen atoms in total. The highest BCUT2D eigenvalue weighted by Gasteiger charge is 2.49. The highest BCUT2D eigenvalue weighted by Crippen LogP contribution is 2.41. The lowest BCUT2D eigenvalue weighted by molar-refractivity contribution is -0.146. The van der Waals surface area contributed by atoms with Gasteiger partial charge in [0.2, 0.25) is 5.91 Å². The molecule has 26 heavy (non-hydrogen) atoms. The number of hydrogen-bond acceptors (Lipinski definition) is 3. The third kappa shape index (κ3) is 3.23. The van der Waals surface area contributed by atoms with Gasteiger partial charge in [0, 0.05) is 19.0 Å². The SMILES string of the molecule is C[S+](=O)([O-])N1CCCC2(Cc3ccccc3CN2C(=O)C2CCCC2)C1. The molecule has 4 rings (SSSR count). The van der Waals surface area contributed by atoms with E-state index in [4.69, 9.17) is 0 Å². The molecule has 1 spiro atoms. The summed E-state index contributed by atoms with van der Waals surface area (Å²) in [6, 6.07) is 8.30. The molecule has 2 heterocycles. The number of piperidine rings is 1. The third-order valence-corrected chi connectivity index (χ3v) is 7.75. The largest absolute Gasteiger partial charge is 0.598 e. The zero-order chi connectivity index (χ0) is 18.4. The second kappa shape index (κ2) is 6.73. The van der Waals surface area contributed by atoms with Crippen LogP contribution in [0.2, 0.25) is 0 Å². The predicted molar refractivity (Wildman–Crippen MR) is 101 cm³/mol. The first kappa shape index (κ1) is 18.1. The van der Waals surface area contributed by atoms with Crippen molar-refractivity contribution in [1.29, 1.82) is 0 Å². The van der Waals surface area contributed by atoms with Crippen molar-refractivity contribution in [2.45, 2.75) is 57.0 Å². The molecule has 2 atom stereocenters. The van der Waals surface area contributed by atoms with Crippen LogP contribution in [0, 0.1) is 5.92 Å². The first-order chi connectivity index (χ1) is 12.4. The van der Waals surface area contributed by atoms with Gasteiger partial charge in [-0.15, -0.1) is 4.31 Å². The Kier molecular flexibility index (Phi) is 4.70. The minimum absolute atomic E-state index is 0.116. The van der Waals surface area contributed by atoms with Crippen molar-refractivity contribution in [1.82, 2.24) is 9.21 Å². The molecule has 1 aromatic carbocycles. The first-order valence-corrected chi connectivity index (χ1v) is 11.6. The van der Waals surface area contributed by atoms with Crippen LogP contribution in [0.4, 0.5) is 0 Å². The van der Waals surface area contributed by atoms with E-state index in [1.54, 1.807) is 4.31 Å². The van der Waals surface area contributed by atoms with Crippen LogP contribution in [0.1, 0.15) is 49.7 Å². The molecule has 2 fully saturated rings. The normalized spacial score (nSPS) is 29.5. The zero-order valence-corrected chi connectivity index (χ0v) is 16.3. The Labute approximate surface area is 157 Å². The van der Waals surface area contributed by atoms with Gasteiger partial charge in [-0.05, 0) is 43.2 Å². The van der Waals surface area contributed by atoms with Gasteiger partial charge >= 0.3 is 0 Å². The van der Waals surface area contributed by atoms with Gasteiger partial charge in [0.15, 0.2) is 0 Å². The summed E-state index contributed by atoms with van der Waals surface area (Å²) in [5.41, 5.74) is 2.08. The third-order valence-electron chi connectivity index (χ3n) is 6.50. The molecule has 0 aromatic heterocycles. The fourth-order valence-electron chi connectivity index (χ4n) is 5.10. The Morgan fingerprint density at radius 3 is 2.58 bits per heavy atom. The number of rotatable bonds is 2. The van der Waals surface area contributed by atoms with Crippen molar-refractivity contribution < 1.29 is 13.6 Å². The topological polar surface area (TPSA) is 63.7 Å². The highest BCUT2D eigenvalue weighted by atomic mass is 32.3. The van der Waals surface area contributed by atoms with E-state index in [2.05, 4.69) is 17.0 Å². The summed E-state index contributed by atoms with van der Waals surface area (Å²) < 4.78 is 26.0. The number of fused-ring (bicyclic) bond motifs is 1. The summed E-state index contributed by atoms with van der Waals surface area (Å²) in [7, 11) is -3.25. The van der Waals surface area contributed by atoms with E-state index in [0.29, 0.717) is 19.6 Å². The van der Waals surface area contributed by atoms with Crippen LogP contribution in [0.5, 0.6) is 0 Å². The lowest BCUT2D eigenvalue weighted by atomic mass is 9.77. The molecule has 1 aliphatic carbocycles. The monoisotopic (exact) mass is 376 g/mol. The van der Waals surface area contributed by atoms with Crippen LogP contribution in [0.25, 0.3) is 0 Å². The quantitative estimate of drug-likeness (QED) is 0.746. The number of sulfonamides is 1. The van der Waals surface area contributed by atoms with Gasteiger partial charge in [0.1, 0.15) is 16.7 Å². The van der Waals surface area contributed by atoms with Gasteiger partial charge in [-0.1, -0.05) is 41.3 Å². The maximum absolute atomic E-state index is 13.4. The zero-order valence-electron chi connectivity index (χ0n) is 15.5. The maximum Gasteiger partial charge on any atom is 0.226 e. The number of hydrogen-bond donors (Lipinski definition) is 0. The predicted octanol–water partition coefficient (Wildman–Crippen LogP) is 2.77. The Morgan fingerprint density at radius 2 is 1.88 bits per heavy atom. The minimum atomic E-state index is -3.25. The number of nitrogens with zero attached hydrogens (tertiary/aromatic N) is 2. The Balaban J connectivity index is 1.71. The molecule has 1 saturated carbocycles. The van der Waals surface area contributed by atoms with Gasteiger partial charge < -0.3 is 9.45 Å². The standard InChI is InChI=1S/C20H28N2O3S/c1-26(24,25)21-12-6-11-20(15-21)13-17-9-4-5-10-18(17)14-22(20)19(23)16-7-2-3-8-16/h4-5,9-10,16H,2-3,6-8,11-15H2,1H3. The van der Waals surface area contributed by atoms with Crippen LogP contribution >= 0.6 is 0 Å². The van der Waals surface area contributed by atoms with Gasteiger partial charge in [0.05, 0.1) is 12.1 Å². The van der Waals surface area contributed by atoms with Crippen molar-refractivity contribution in [3.05, 3.63) is 35.4 Å². The molecule has 1 saturated heterocycles. The molecule has 3 aliphatic rings. The van der Waals surface area contributed by atoms with Gasteiger partial charge in [0.25, 0.3) is 0 Å². The summed E-state index contributed by atoms with van der Waals surface area (Å²) in [5, 5.41) is 0. The summed E-state index contributed by atoms with van der Waals surface area (Å²) in [6.45, 7) is 1.61. The van der Waals surface area contributed by atoms with Crippen molar-refractivity contribution >= 4 is 16.3 Å². The average molecular weight is 377 g/mol. The average Bonchev–Trinajstić information content (AvgIpc) is 3.14. The number of benzene rings is 1. The molecular formula is C20H28N2O3S. The highest BCUT2D eigenvalue weighted by molar-refractivity contribution is 7.94. The molecule has 0 N–H and O–H groups in total. The molecule has 1 amide bonds. The van der Waals surface area contributed by atoms with E-state index in [1.165, 1.54) is 17.4 Å². The lowest BCUT2D eigenvalue weighted by Crippen LogP contribution is -2.64. The van der Waals surface area contributed by atoms with Crippen molar-refractivity contribution in [3.63, 3.8) is 0 Å². The Hall–Kier alpha value is -1.24. The van der Waals surface area contributed by atoms with Crippen LogP contribution in [0.15, 0.2) is 24.3 Å².